The molecule has 170 valence electrons. The molecule has 1 aromatic carbocycles. The van der Waals surface area contributed by atoms with Gasteiger partial charge in [0, 0.05) is 12.8 Å². The molecule has 2 atom stereocenters. The third kappa shape index (κ3) is 4.57. The molecule has 0 saturated carbocycles. The highest BCUT2D eigenvalue weighted by molar-refractivity contribution is 7.92. The van der Waals surface area contributed by atoms with Crippen LogP contribution in [0.1, 0.15) is 49.1 Å². The van der Waals surface area contributed by atoms with E-state index in [0.717, 1.165) is 30.3 Å². The lowest BCUT2D eigenvalue weighted by Gasteiger charge is -2.39. The smallest absolute Gasteiger partial charge is 0.372 e. The van der Waals surface area contributed by atoms with Crippen molar-refractivity contribution in [1.29, 1.82) is 0 Å². The molecule has 1 fully saturated rings. The molecule has 1 aliphatic rings. The number of sulfone groups is 1. The maximum absolute atomic E-state index is 13.4. The Hall–Kier alpha value is -2.14. The number of rotatable bonds is 4. The van der Waals surface area contributed by atoms with E-state index in [1.54, 1.807) is 6.92 Å². The number of benzene rings is 1. The number of hydrogen-bond donors (Lipinski definition) is 0. The Labute approximate surface area is 175 Å². The monoisotopic (exact) mass is 467 g/mol. The van der Waals surface area contributed by atoms with Crippen LogP contribution in [0.3, 0.4) is 0 Å². The van der Waals surface area contributed by atoms with Crippen molar-refractivity contribution in [2.75, 3.05) is 6.61 Å². The van der Waals surface area contributed by atoms with E-state index in [4.69, 9.17) is 4.74 Å². The number of hydrogen-bond acceptors (Lipinski definition) is 4. The summed E-state index contributed by atoms with van der Waals surface area (Å²) >= 11 is 0. The summed E-state index contributed by atoms with van der Waals surface area (Å²) in [4.78, 5) is 3.33. The average Bonchev–Trinajstić information content (AvgIpc) is 2.72. The first-order valence-corrected chi connectivity index (χ1v) is 10.9. The molecule has 31 heavy (non-hydrogen) atoms. The van der Waals surface area contributed by atoms with E-state index in [1.807, 2.05) is 0 Å². The van der Waals surface area contributed by atoms with Gasteiger partial charge in [-0.15, -0.1) is 0 Å². The Balaban J connectivity index is 1.95. The molecule has 1 unspecified atom stereocenters. The quantitative estimate of drug-likeness (QED) is 0.550. The fraction of sp³-hybridized carbons (Fsp3) is 0.450. The molecule has 0 radical (unpaired) electrons. The minimum atomic E-state index is -4.70. The normalized spacial score (nSPS) is 23.0. The first kappa shape index (κ1) is 23.5. The van der Waals surface area contributed by atoms with Crippen molar-refractivity contribution in [1.82, 2.24) is 4.98 Å². The third-order valence-corrected chi connectivity index (χ3v) is 8.24. The van der Waals surface area contributed by atoms with Gasteiger partial charge in [0.05, 0.1) is 26.5 Å². The fourth-order valence-electron chi connectivity index (χ4n) is 3.68. The fourth-order valence-corrected chi connectivity index (χ4v) is 5.83. The Morgan fingerprint density at radius 1 is 1.06 bits per heavy atom. The Morgan fingerprint density at radius 2 is 1.74 bits per heavy atom. The van der Waals surface area contributed by atoms with E-state index < -0.39 is 49.1 Å². The van der Waals surface area contributed by atoms with Gasteiger partial charge in [-0.3, -0.25) is 4.98 Å². The molecule has 2 heterocycles. The minimum absolute atomic E-state index is 0.0284. The van der Waals surface area contributed by atoms with Crippen LogP contribution in [0, 0.1) is 0 Å². The van der Waals surface area contributed by atoms with Gasteiger partial charge in [0.15, 0.2) is 9.84 Å². The Bertz CT molecular complexity index is 1030. The van der Waals surface area contributed by atoms with E-state index in [9.17, 15) is 34.8 Å². The molecule has 1 aromatic heterocycles. The molecule has 4 nitrogen and oxygen atoms in total. The number of ether oxygens (including phenoxy) is 1. The maximum Gasteiger partial charge on any atom is 0.417 e. The summed E-state index contributed by atoms with van der Waals surface area (Å²) in [7, 11) is -4.22. The van der Waals surface area contributed by atoms with Gasteiger partial charge in [-0.1, -0.05) is 13.0 Å². The van der Waals surface area contributed by atoms with E-state index in [-0.39, 0.29) is 31.6 Å². The van der Waals surface area contributed by atoms with Gasteiger partial charge in [-0.05, 0) is 49.6 Å². The van der Waals surface area contributed by atoms with Crippen LogP contribution >= 0.6 is 0 Å². The molecule has 0 spiro atoms. The lowest BCUT2D eigenvalue weighted by atomic mass is 9.90. The summed E-state index contributed by atoms with van der Waals surface area (Å²) in [5.74, 6) is 0. The summed E-state index contributed by atoms with van der Waals surface area (Å²) in [6.07, 6.45) is -9.54. The average molecular weight is 467 g/mol. The zero-order valence-corrected chi connectivity index (χ0v) is 17.1. The van der Waals surface area contributed by atoms with Crippen molar-refractivity contribution >= 4 is 9.84 Å². The predicted octanol–water partition coefficient (Wildman–Crippen LogP) is 5.59. The van der Waals surface area contributed by atoms with Gasteiger partial charge in [0.1, 0.15) is 6.10 Å². The number of alkyl halides is 6. The number of pyridine rings is 1. The Kier molecular flexibility index (Phi) is 6.13. The summed E-state index contributed by atoms with van der Waals surface area (Å²) < 4.78 is 108. The molecule has 1 saturated heterocycles. The van der Waals surface area contributed by atoms with Crippen molar-refractivity contribution in [3.63, 3.8) is 0 Å². The van der Waals surface area contributed by atoms with Gasteiger partial charge < -0.3 is 4.74 Å². The van der Waals surface area contributed by atoms with Gasteiger partial charge in [0.25, 0.3) is 0 Å². The molecular formula is C20H19F6NO3S. The van der Waals surface area contributed by atoms with Crippen molar-refractivity contribution < 1.29 is 39.5 Å². The molecule has 0 bridgehead atoms. The van der Waals surface area contributed by atoms with Crippen LogP contribution in [0.4, 0.5) is 26.3 Å². The first-order chi connectivity index (χ1) is 14.3. The molecule has 2 aromatic rings. The van der Waals surface area contributed by atoms with Gasteiger partial charge in [0.2, 0.25) is 0 Å². The van der Waals surface area contributed by atoms with Crippen LogP contribution < -0.4 is 0 Å². The zero-order valence-electron chi connectivity index (χ0n) is 16.3. The number of aromatic nitrogens is 1. The van der Waals surface area contributed by atoms with Crippen LogP contribution in [-0.4, -0.2) is 24.8 Å². The standard InChI is InChI=1S/C20H19F6NO3S/c1-2-18(31(28,29)15-5-3-4-13(10-15)19(21,22)23)8-9-30-17(11-18)16-7-6-14(12-27-16)20(24,25)26/h3-7,10,12,17H,2,8-9,11H2,1H3/t17?,18-/m0/s1. The second-order valence-corrected chi connectivity index (χ2v) is 9.69. The van der Waals surface area contributed by atoms with E-state index in [1.165, 1.54) is 0 Å². The number of nitrogens with zero attached hydrogens (tertiary/aromatic N) is 1. The van der Waals surface area contributed by atoms with Crippen molar-refractivity contribution in [2.45, 2.75) is 54.3 Å². The number of halogens is 6. The maximum atomic E-state index is 13.4. The predicted molar refractivity (Wildman–Crippen MR) is 98.8 cm³/mol. The SMILES string of the molecule is CC[C@]1(S(=O)(=O)c2cccc(C(F)(F)F)c2)CCOC(c2ccc(C(F)(F)F)cn2)C1. The van der Waals surface area contributed by atoms with Crippen LogP contribution in [-0.2, 0) is 26.9 Å². The van der Waals surface area contributed by atoms with Crippen LogP contribution in [0.25, 0.3) is 0 Å². The molecule has 0 amide bonds. The van der Waals surface area contributed by atoms with Gasteiger partial charge >= 0.3 is 12.4 Å². The van der Waals surface area contributed by atoms with Gasteiger partial charge in [-0.2, -0.15) is 26.3 Å². The van der Waals surface area contributed by atoms with E-state index in [2.05, 4.69) is 4.98 Å². The third-order valence-electron chi connectivity index (χ3n) is 5.56. The van der Waals surface area contributed by atoms with Crippen LogP contribution in [0.2, 0.25) is 0 Å². The topological polar surface area (TPSA) is 56.3 Å². The van der Waals surface area contributed by atoms with Crippen molar-refractivity contribution in [2.24, 2.45) is 0 Å². The van der Waals surface area contributed by atoms with Crippen molar-refractivity contribution in [3.8, 4) is 0 Å². The van der Waals surface area contributed by atoms with E-state index >= 15 is 0 Å². The lowest BCUT2D eigenvalue weighted by molar-refractivity contribution is -0.138. The van der Waals surface area contributed by atoms with E-state index in [0.29, 0.717) is 12.3 Å². The summed E-state index contributed by atoms with van der Waals surface area (Å²) in [6, 6.07) is 5.49. The highest BCUT2D eigenvalue weighted by atomic mass is 32.2. The second kappa shape index (κ2) is 8.09. The second-order valence-electron chi connectivity index (χ2n) is 7.35. The molecule has 11 heteroatoms. The summed E-state index contributed by atoms with van der Waals surface area (Å²) in [5, 5.41) is 0. The Morgan fingerprint density at radius 3 is 2.29 bits per heavy atom. The molecule has 1 aliphatic heterocycles. The van der Waals surface area contributed by atoms with Crippen molar-refractivity contribution in [3.05, 3.63) is 59.4 Å². The zero-order chi connectivity index (χ0) is 23.1. The van der Waals surface area contributed by atoms with Crippen LogP contribution in [0.5, 0.6) is 0 Å². The highest BCUT2D eigenvalue weighted by Crippen LogP contribution is 2.44. The molecule has 3 rings (SSSR count). The largest absolute Gasteiger partial charge is 0.417 e. The minimum Gasteiger partial charge on any atom is -0.372 e. The lowest BCUT2D eigenvalue weighted by Crippen LogP contribution is -2.44. The van der Waals surface area contributed by atoms with Gasteiger partial charge in [-0.25, -0.2) is 8.42 Å². The molecule has 0 N–H and O–H groups in total. The van der Waals surface area contributed by atoms with Crippen LogP contribution in [0.15, 0.2) is 47.5 Å². The highest BCUT2D eigenvalue weighted by Gasteiger charge is 2.48. The summed E-state index contributed by atoms with van der Waals surface area (Å²) in [5.41, 5.74) is -1.90. The summed E-state index contributed by atoms with van der Waals surface area (Å²) in [6.45, 7) is 1.58. The molecular weight excluding hydrogens is 448 g/mol. The molecule has 0 aliphatic carbocycles. The first-order valence-electron chi connectivity index (χ1n) is 9.37.